The average Bonchev–Trinajstić information content (AvgIpc) is 2.36. The minimum Gasteiger partial charge on any atom is -0.397 e. The lowest BCUT2D eigenvalue weighted by molar-refractivity contribution is 0.226. The zero-order valence-electron chi connectivity index (χ0n) is 12.7. The fourth-order valence-corrected chi connectivity index (χ4v) is 6.02. The van der Waals surface area contributed by atoms with Crippen molar-refractivity contribution in [1.29, 1.82) is 0 Å². The Kier molecular flexibility index (Phi) is 7.50. The second kappa shape index (κ2) is 8.34. The first kappa shape index (κ1) is 16.2. The van der Waals surface area contributed by atoms with Gasteiger partial charge in [0.2, 0.25) is 0 Å². The molecule has 0 aromatic carbocycles. The molecule has 0 aromatic heterocycles. The molecule has 1 saturated carbocycles. The van der Waals surface area contributed by atoms with Gasteiger partial charge < -0.3 is 8.85 Å². The monoisotopic (exact) mass is 271 g/mol. The molecule has 0 spiro atoms. The van der Waals surface area contributed by atoms with E-state index >= 15 is 0 Å². The van der Waals surface area contributed by atoms with Gasteiger partial charge in [0.25, 0.3) is 0 Å². The van der Waals surface area contributed by atoms with Crippen molar-refractivity contribution in [2.45, 2.75) is 64.8 Å². The van der Waals surface area contributed by atoms with Crippen LogP contribution in [-0.4, -0.2) is 22.8 Å². The summed E-state index contributed by atoms with van der Waals surface area (Å²) in [5, 5.41) is 0. The molecule has 0 saturated heterocycles. The topological polar surface area (TPSA) is 18.5 Å². The molecule has 3 heteroatoms. The molecule has 0 amide bonds. The molecular weight excluding hydrogens is 240 g/mol. The van der Waals surface area contributed by atoms with E-state index in [0.29, 0.717) is 0 Å². The molecule has 1 radical (unpaired) electrons. The summed E-state index contributed by atoms with van der Waals surface area (Å²) in [5.41, 5.74) is 0. The van der Waals surface area contributed by atoms with Crippen molar-refractivity contribution in [3.63, 3.8) is 0 Å². The van der Waals surface area contributed by atoms with Crippen LogP contribution in [0.3, 0.4) is 0 Å². The van der Waals surface area contributed by atoms with E-state index < -0.39 is 8.56 Å². The number of hydrogen-bond donors (Lipinski definition) is 0. The summed E-state index contributed by atoms with van der Waals surface area (Å²) in [6, 6.07) is 3.61. The summed E-state index contributed by atoms with van der Waals surface area (Å²) in [5.74, 6) is 1.54. The summed E-state index contributed by atoms with van der Waals surface area (Å²) >= 11 is 0. The molecule has 0 N–H and O–H groups in total. The minimum atomic E-state index is -2.04. The van der Waals surface area contributed by atoms with Gasteiger partial charge in [-0.25, -0.2) is 0 Å². The first-order chi connectivity index (χ1) is 8.69. The van der Waals surface area contributed by atoms with Gasteiger partial charge in [-0.2, -0.15) is 0 Å². The molecule has 1 atom stereocenters. The van der Waals surface area contributed by atoms with E-state index in [1.807, 2.05) is 14.2 Å². The van der Waals surface area contributed by atoms with E-state index in [1.165, 1.54) is 44.9 Å². The summed E-state index contributed by atoms with van der Waals surface area (Å²) in [7, 11) is 1.65. The van der Waals surface area contributed by atoms with E-state index in [9.17, 15) is 0 Å². The lowest BCUT2D eigenvalue weighted by Crippen LogP contribution is -2.46. The Bertz CT molecular complexity index is 213. The van der Waals surface area contributed by atoms with Gasteiger partial charge in [-0.3, -0.25) is 0 Å². The number of hydrogen-bond acceptors (Lipinski definition) is 2. The number of rotatable bonds is 10. The molecule has 1 unspecified atom stereocenters. The van der Waals surface area contributed by atoms with E-state index in [-0.39, 0.29) is 0 Å². The molecule has 0 heterocycles. The summed E-state index contributed by atoms with van der Waals surface area (Å²) in [6.07, 6.45) is 9.26. The van der Waals surface area contributed by atoms with E-state index in [2.05, 4.69) is 19.9 Å². The Hall–Kier alpha value is 0.137. The first-order valence-corrected chi connectivity index (χ1v) is 9.76. The van der Waals surface area contributed by atoms with Crippen LogP contribution in [0.5, 0.6) is 0 Å². The quantitative estimate of drug-likeness (QED) is 0.545. The van der Waals surface area contributed by atoms with Gasteiger partial charge in [0.15, 0.2) is 0 Å². The summed E-state index contributed by atoms with van der Waals surface area (Å²) in [4.78, 5) is 0. The van der Waals surface area contributed by atoms with Crippen molar-refractivity contribution >= 4 is 8.56 Å². The van der Waals surface area contributed by atoms with E-state index in [4.69, 9.17) is 8.85 Å². The van der Waals surface area contributed by atoms with Gasteiger partial charge in [-0.05, 0) is 17.9 Å². The van der Waals surface area contributed by atoms with Crippen LogP contribution in [0.15, 0.2) is 0 Å². The van der Waals surface area contributed by atoms with E-state index in [1.54, 1.807) is 0 Å². The predicted molar refractivity (Wildman–Crippen MR) is 79.5 cm³/mol. The van der Waals surface area contributed by atoms with Crippen LogP contribution in [-0.2, 0) is 8.85 Å². The van der Waals surface area contributed by atoms with Crippen LogP contribution in [0.1, 0.15) is 58.8 Å². The molecule has 1 fully saturated rings. The lowest BCUT2D eigenvalue weighted by Gasteiger charge is -2.36. The normalized spacial score (nSPS) is 18.7. The highest BCUT2D eigenvalue weighted by atomic mass is 28.4. The highest BCUT2D eigenvalue weighted by molar-refractivity contribution is 6.71. The highest BCUT2D eigenvalue weighted by Gasteiger charge is 2.41. The Morgan fingerprint density at radius 3 is 2.28 bits per heavy atom. The van der Waals surface area contributed by atoms with Gasteiger partial charge in [0.05, 0.1) is 0 Å². The maximum absolute atomic E-state index is 5.87. The molecule has 0 aromatic rings. The van der Waals surface area contributed by atoms with Crippen molar-refractivity contribution in [1.82, 2.24) is 0 Å². The van der Waals surface area contributed by atoms with Crippen LogP contribution in [0, 0.1) is 17.9 Å². The predicted octanol–water partition coefficient (Wildman–Crippen LogP) is 4.48. The van der Waals surface area contributed by atoms with Gasteiger partial charge in [-0.15, -0.1) is 0 Å². The van der Waals surface area contributed by atoms with Crippen molar-refractivity contribution in [3.05, 3.63) is 6.04 Å². The maximum atomic E-state index is 5.87. The zero-order valence-corrected chi connectivity index (χ0v) is 13.7. The third-order valence-corrected chi connectivity index (χ3v) is 7.95. The zero-order chi connectivity index (χ0) is 13.4. The van der Waals surface area contributed by atoms with Crippen LogP contribution in [0.4, 0.5) is 0 Å². The molecule has 18 heavy (non-hydrogen) atoms. The number of unbranched alkanes of at least 4 members (excludes halogenated alkanes) is 1. The van der Waals surface area contributed by atoms with Crippen LogP contribution in [0.2, 0.25) is 6.04 Å². The maximum Gasteiger partial charge on any atom is 0.341 e. The standard InChI is InChI=1S/C15H31O2Si/c1-5-7-9-14(6-2)12-18(16-3,17-4)13-15-10-8-11-15/h13-15H,5-12H2,1-4H3. The molecular formula is C15H31O2Si. The average molecular weight is 271 g/mol. The van der Waals surface area contributed by atoms with Gasteiger partial charge in [0.1, 0.15) is 0 Å². The molecule has 0 bridgehead atoms. The van der Waals surface area contributed by atoms with Gasteiger partial charge in [0, 0.05) is 20.3 Å². The van der Waals surface area contributed by atoms with Crippen molar-refractivity contribution in [3.8, 4) is 0 Å². The molecule has 1 aliphatic carbocycles. The minimum absolute atomic E-state index is 0.764. The Morgan fingerprint density at radius 2 is 1.89 bits per heavy atom. The largest absolute Gasteiger partial charge is 0.397 e. The fourth-order valence-electron chi connectivity index (χ4n) is 2.77. The second-order valence-corrected chi connectivity index (χ2v) is 8.88. The molecule has 107 valence electrons. The van der Waals surface area contributed by atoms with E-state index in [0.717, 1.165) is 17.9 Å². The van der Waals surface area contributed by atoms with Crippen molar-refractivity contribution in [2.24, 2.45) is 11.8 Å². The fraction of sp³-hybridized carbons (Fsp3) is 0.933. The van der Waals surface area contributed by atoms with Gasteiger partial charge in [-0.1, -0.05) is 58.8 Å². The van der Waals surface area contributed by atoms with Gasteiger partial charge >= 0.3 is 8.56 Å². The van der Waals surface area contributed by atoms with Crippen LogP contribution < -0.4 is 0 Å². The summed E-state index contributed by atoms with van der Waals surface area (Å²) in [6.45, 7) is 4.57. The molecule has 1 aliphatic rings. The Labute approximate surface area is 115 Å². The first-order valence-electron chi connectivity index (χ1n) is 7.66. The third-order valence-electron chi connectivity index (χ3n) is 4.45. The summed E-state index contributed by atoms with van der Waals surface area (Å²) < 4.78 is 11.7. The van der Waals surface area contributed by atoms with Crippen LogP contribution >= 0.6 is 0 Å². The van der Waals surface area contributed by atoms with Crippen LogP contribution in [0.25, 0.3) is 0 Å². The smallest absolute Gasteiger partial charge is 0.341 e. The lowest BCUT2D eigenvalue weighted by atomic mass is 9.87. The van der Waals surface area contributed by atoms with Crippen molar-refractivity contribution < 1.29 is 8.85 Å². The molecule has 2 nitrogen and oxygen atoms in total. The third kappa shape index (κ3) is 4.67. The van der Waals surface area contributed by atoms with Crippen molar-refractivity contribution in [2.75, 3.05) is 14.2 Å². The Balaban J connectivity index is 2.51. The molecule has 1 rings (SSSR count). The molecule has 0 aliphatic heterocycles. The Morgan fingerprint density at radius 1 is 1.22 bits per heavy atom. The highest BCUT2D eigenvalue weighted by Crippen LogP contribution is 2.36. The second-order valence-electron chi connectivity index (χ2n) is 5.70. The SMILES string of the molecule is CCCCC(CC)C[Si]([CH]C1CCC1)(OC)OC.